The van der Waals surface area contributed by atoms with Crippen LogP contribution in [0.2, 0.25) is 0 Å². The zero-order valence-corrected chi connectivity index (χ0v) is 9.38. The number of rotatable bonds is 2. The van der Waals surface area contributed by atoms with Crippen LogP contribution in [0.1, 0.15) is 25.7 Å². The van der Waals surface area contributed by atoms with Crippen LogP contribution in [0.5, 0.6) is 0 Å². The van der Waals surface area contributed by atoms with Crippen molar-refractivity contribution in [1.29, 1.82) is 0 Å². The first-order chi connectivity index (χ1) is 6.29. The molecule has 2 atom stereocenters. The van der Waals surface area contributed by atoms with Gasteiger partial charge in [-0.25, -0.2) is 0 Å². The van der Waals surface area contributed by atoms with Crippen molar-refractivity contribution in [2.24, 2.45) is 17.0 Å². The monoisotopic (exact) mass is 243 g/mol. The first kappa shape index (κ1) is 9.25. The Morgan fingerprint density at radius 2 is 2.46 bits per heavy atom. The van der Waals surface area contributed by atoms with Gasteiger partial charge in [-0.3, -0.25) is 0 Å². The molecule has 72 valence electrons. The zero-order chi connectivity index (χ0) is 9.26. The van der Waals surface area contributed by atoms with E-state index in [0.717, 1.165) is 16.5 Å². The van der Waals surface area contributed by atoms with E-state index >= 15 is 0 Å². The van der Waals surface area contributed by atoms with Crippen LogP contribution in [-0.4, -0.2) is 11.7 Å². The average Bonchev–Trinajstić information content (AvgIpc) is 2.46. The second kappa shape index (κ2) is 3.82. The van der Waals surface area contributed by atoms with E-state index in [1.54, 1.807) is 7.11 Å². The van der Waals surface area contributed by atoms with Gasteiger partial charge in [0.15, 0.2) is 0 Å². The molecule has 0 saturated heterocycles. The minimum atomic E-state index is 0.799. The van der Waals surface area contributed by atoms with E-state index < -0.39 is 0 Å². The highest BCUT2D eigenvalue weighted by atomic mass is 79.9. The molecule has 3 heteroatoms. The van der Waals surface area contributed by atoms with E-state index in [1.807, 2.05) is 0 Å². The summed E-state index contributed by atoms with van der Waals surface area (Å²) in [6.45, 7) is 0. The molecular formula is C10H14BrNO. The molecule has 1 fully saturated rings. The van der Waals surface area contributed by atoms with Crippen LogP contribution in [0.3, 0.4) is 0 Å². The Kier molecular flexibility index (Phi) is 2.72. The molecule has 2 rings (SSSR count). The standard InChI is InChI=1S/C10H14BrNO/c1-13-12-10(11)9-5-7-2-3-8(4-7)6-9/h5,7-8H,2-4,6H2,1H3/b12-10+. The van der Waals surface area contributed by atoms with Crippen LogP contribution in [0.4, 0.5) is 0 Å². The Balaban J connectivity index is 2.12. The molecule has 2 aliphatic carbocycles. The summed E-state index contributed by atoms with van der Waals surface area (Å²) in [6.07, 6.45) is 7.66. The second-order valence-corrected chi connectivity index (χ2v) is 4.65. The first-order valence-electron chi connectivity index (χ1n) is 4.77. The summed E-state index contributed by atoms with van der Waals surface area (Å²) in [5, 5.41) is 3.91. The zero-order valence-electron chi connectivity index (χ0n) is 7.79. The van der Waals surface area contributed by atoms with Crippen molar-refractivity contribution in [3.05, 3.63) is 11.6 Å². The third kappa shape index (κ3) is 1.96. The number of hydrogen-bond acceptors (Lipinski definition) is 2. The topological polar surface area (TPSA) is 21.6 Å². The van der Waals surface area contributed by atoms with E-state index in [2.05, 4.69) is 27.2 Å². The average molecular weight is 244 g/mol. The molecule has 0 aromatic carbocycles. The Bertz CT molecular complexity index is 260. The normalized spacial score (nSPS) is 33.1. The van der Waals surface area contributed by atoms with Gasteiger partial charge in [-0.05, 0) is 59.0 Å². The summed E-state index contributed by atoms with van der Waals surface area (Å²) in [4.78, 5) is 4.75. The molecule has 0 radical (unpaired) electrons. The van der Waals surface area contributed by atoms with Crippen LogP contribution in [0, 0.1) is 11.8 Å². The van der Waals surface area contributed by atoms with Gasteiger partial charge in [-0.2, -0.15) is 0 Å². The molecule has 0 spiro atoms. The van der Waals surface area contributed by atoms with E-state index in [4.69, 9.17) is 4.84 Å². The second-order valence-electron chi connectivity index (χ2n) is 3.90. The Labute approximate surface area is 87.2 Å². The molecule has 2 aliphatic rings. The van der Waals surface area contributed by atoms with Gasteiger partial charge < -0.3 is 4.84 Å². The van der Waals surface area contributed by atoms with Crippen LogP contribution >= 0.6 is 15.9 Å². The SMILES string of the molecule is CO/N=C(/Br)C1=CC2CCC(C1)C2. The van der Waals surface area contributed by atoms with Crippen LogP contribution in [0.25, 0.3) is 0 Å². The summed E-state index contributed by atoms with van der Waals surface area (Å²) < 4.78 is 0.881. The molecule has 0 N–H and O–H groups in total. The molecule has 0 aliphatic heterocycles. The Morgan fingerprint density at radius 3 is 3.15 bits per heavy atom. The number of nitrogens with zero attached hydrogens (tertiary/aromatic N) is 1. The van der Waals surface area contributed by atoms with Crippen LogP contribution in [0.15, 0.2) is 16.8 Å². The minimum absolute atomic E-state index is 0.799. The van der Waals surface area contributed by atoms with Crippen LogP contribution in [-0.2, 0) is 4.84 Å². The predicted octanol–water partition coefficient (Wildman–Crippen LogP) is 3.09. The maximum Gasteiger partial charge on any atom is 0.148 e. The van der Waals surface area contributed by atoms with E-state index in [9.17, 15) is 0 Å². The lowest BCUT2D eigenvalue weighted by Crippen LogP contribution is -2.08. The maximum absolute atomic E-state index is 4.75. The lowest BCUT2D eigenvalue weighted by atomic mass is 9.90. The van der Waals surface area contributed by atoms with Crippen molar-refractivity contribution in [2.75, 3.05) is 7.11 Å². The highest BCUT2D eigenvalue weighted by Gasteiger charge is 2.29. The number of halogens is 1. The molecule has 2 nitrogen and oxygen atoms in total. The van der Waals surface area contributed by atoms with Gasteiger partial charge in [0.1, 0.15) is 11.7 Å². The third-order valence-corrected chi connectivity index (χ3v) is 3.62. The quantitative estimate of drug-likeness (QED) is 0.540. The minimum Gasteiger partial charge on any atom is -0.398 e. The number of hydrogen-bond donors (Lipinski definition) is 0. The fourth-order valence-corrected chi connectivity index (χ4v) is 2.84. The summed E-state index contributed by atoms with van der Waals surface area (Å²) >= 11 is 3.44. The van der Waals surface area contributed by atoms with Crippen molar-refractivity contribution in [3.8, 4) is 0 Å². The fraction of sp³-hybridized carbons (Fsp3) is 0.700. The van der Waals surface area contributed by atoms with Crippen LogP contribution < -0.4 is 0 Å². The van der Waals surface area contributed by atoms with Gasteiger partial charge >= 0.3 is 0 Å². The van der Waals surface area contributed by atoms with Crippen molar-refractivity contribution < 1.29 is 4.84 Å². The largest absolute Gasteiger partial charge is 0.398 e. The van der Waals surface area contributed by atoms with Crippen molar-refractivity contribution >= 4 is 20.6 Å². The molecule has 0 aromatic rings. The Hall–Kier alpha value is -0.310. The van der Waals surface area contributed by atoms with E-state index in [-0.39, 0.29) is 0 Å². The molecule has 13 heavy (non-hydrogen) atoms. The van der Waals surface area contributed by atoms with Crippen molar-refractivity contribution in [3.63, 3.8) is 0 Å². The third-order valence-electron chi connectivity index (χ3n) is 2.96. The lowest BCUT2D eigenvalue weighted by molar-refractivity contribution is 0.214. The summed E-state index contributed by atoms with van der Waals surface area (Å²) in [7, 11) is 1.58. The Morgan fingerprint density at radius 1 is 1.62 bits per heavy atom. The molecule has 0 aromatic heterocycles. The molecule has 1 saturated carbocycles. The molecule has 0 amide bonds. The summed E-state index contributed by atoms with van der Waals surface area (Å²) in [6, 6.07) is 0. The van der Waals surface area contributed by atoms with Gasteiger partial charge in [0.05, 0.1) is 0 Å². The summed E-state index contributed by atoms with van der Waals surface area (Å²) in [5.41, 5.74) is 1.33. The first-order valence-corrected chi connectivity index (χ1v) is 5.56. The predicted molar refractivity (Wildman–Crippen MR) is 56.9 cm³/mol. The fourth-order valence-electron chi connectivity index (χ4n) is 2.41. The van der Waals surface area contributed by atoms with E-state index in [1.165, 1.54) is 31.3 Å². The van der Waals surface area contributed by atoms with Crippen molar-refractivity contribution in [1.82, 2.24) is 0 Å². The number of fused-ring (bicyclic) bond motifs is 2. The van der Waals surface area contributed by atoms with Gasteiger partial charge in [0, 0.05) is 0 Å². The van der Waals surface area contributed by atoms with Gasteiger partial charge in [-0.1, -0.05) is 11.2 Å². The highest BCUT2D eigenvalue weighted by molar-refractivity contribution is 9.18. The number of allylic oxidation sites excluding steroid dienone is 2. The molecule has 2 bridgehead atoms. The van der Waals surface area contributed by atoms with E-state index in [0.29, 0.717) is 0 Å². The van der Waals surface area contributed by atoms with Gasteiger partial charge in [0.2, 0.25) is 0 Å². The van der Waals surface area contributed by atoms with Crippen molar-refractivity contribution in [2.45, 2.75) is 25.7 Å². The van der Waals surface area contributed by atoms with Gasteiger partial charge in [0.25, 0.3) is 0 Å². The highest BCUT2D eigenvalue weighted by Crippen LogP contribution is 2.41. The smallest absolute Gasteiger partial charge is 0.148 e. The molecule has 2 unspecified atom stereocenters. The van der Waals surface area contributed by atoms with Gasteiger partial charge in [-0.15, -0.1) is 0 Å². The molecular weight excluding hydrogens is 230 g/mol. The lowest BCUT2D eigenvalue weighted by Gasteiger charge is -2.17. The maximum atomic E-state index is 4.75. The molecule has 0 heterocycles. The summed E-state index contributed by atoms with van der Waals surface area (Å²) in [5.74, 6) is 1.69. The number of oxime groups is 1.